The lowest BCUT2D eigenvalue weighted by atomic mass is 10.2. The monoisotopic (exact) mass is 399 g/mol. The number of carbonyl (C=O) groups excluding carboxylic acids is 3. The third-order valence-electron chi connectivity index (χ3n) is 4.12. The van der Waals surface area contributed by atoms with E-state index in [9.17, 15) is 14.4 Å². The van der Waals surface area contributed by atoms with Gasteiger partial charge in [-0.15, -0.1) is 11.3 Å². The molecule has 2 aromatic rings. The van der Waals surface area contributed by atoms with E-state index in [1.54, 1.807) is 23.3 Å². The number of nitrogens with one attached hydrogen (secondary N) is 1. The SMILES string of the molecule is CCOC(=O)Cc1csc(NC(=O)/C=C/c2ccc(N3CCCC3=O)cc2)n1. The van der Waals surface area contributed by atoms with Gasteiger partial charge in [0.15, 0.2) is 5.13 Å². The second-order valence-electron chi connectivity index (χ2n) is 6.19. The summed E-state index contributed by atoms with van der Waals surface area (Å²) in [5.74, 6) is -0.506. The molecule has 1 aromatic carbocycles. The fraction of sp³-hybridized carbons (Fsp3) is 0.300. The molecule has 0 bridgehead atoms. The number of anilines is 2. The number of ether oxygens (including phenoxy) is 1. The number of rotatable bonds is 7. The van der Waals surface area contributed by atoms with E-state index in [2.05, 4.69) is 10.3 Å². The Morgan fingerprint density at radius 1 is 1.32 bits per heavy atom. The van der Waals surface area contributed by atoms with Crippen molar-refractivity contribution < 1.29 is 19.1 Å². The molecule has 0 unspecified atom stereocenters. The van der Waals surface area contributed by atoms with Gasteiger partial charge in [0.25, 0.3) is 0 Å². The van der Waals surface area contributed by atoms with Crippen LogP contribution in [0.1, 0.15) is 31.0 Å². The third kappa shape index (κ3) is 5.26. The smallest absolute Gasteiger partial charge is 0.311 e. The maximum Gasteiger partial charge on any atom is 0.311 e. The molecule has 2 amide bonds. The van der Waals surface area contributed by atoms with Crippen LogP contribution < -0.4 is 10.2 Å². The van der Waals surface area contributed by atoms with E-state index in [1.807, 2.05) is 24.3 Å². The number of hydrogen-bond donors (Lipinski definition) is 1. The summed E-state index contributed by atoms with van der Waals surface area (Å²) in [5.41, 5.74) is 2.29. The average Bonchev–Trinajstić information content (AvgIpc) is 3.29. The molecule has 3 rings (SSSR count). The van der Waals surface area contributed by atoms with Gasteiger partial charge in [0, 0.05) is 30.1 Å². The van der Waals surface area contributed by atoms with Crippen LogP contribution in [0, 0.1) is 0 Å². The fourth-order valence-electron chi connectivity index (χ4n) is 2.81. The maximum absolute atomic E-state index is 12.1. The highest BCUT2D eigenvalue weighted by molar-refractivity contribution is 7.14. The number of benzene rings is 1. The molecule has 0 saturated carbocycles. The molecule has 7 nitrogen and oxygen atoms in total. The van der Waals surface area contributed by atoms with Crippen molar-refractivity contribution in [1.82, 2.24) is 4.98 Å². The number of thiazole rings is 1. The van der Waals surface area contributed by atoms with Crippen molar-refractivity contribution in [3.63, 3.8) is 0 Å². The van der Waals surface area contributed by atoms with Crippen LogP contribution in [0.3, 0.4) is 0 Å². The molecule has 28 heavy (non-hydrogen) atoms. The van der Waals surface area contributed by atoms with Gasteiger partial charge in [0.2, 0.25) is 11.8 Å². The fourth-order valence-corrected chi connectivity index (χ4v) is 3.52. The van der Waals surface area contributed by atoms with Crippen molar-refractivity contribution in [2.24, 2.45) is 0 Å². The average molecular weight is 399 g/mol. The maximum atomic E-state index is 12.1. The molecular weight excluding hydrogens is 378 g/mol. The highest BCUT2D eigenvalue weighted by Crippen LogP contribution is 2.22. The van der Waals surface area contributed by atoms with Crippen molar-refractivity contribution in [3.05, 3.63) is 47.0 Å². The van der Waals surface area contributed by atoms with Gasteiger partial charge in [0.1, 0.15) is 0 Å². The Morgan fingerprint density at radius 2 is 2.11 bits per heavy atom. The Morgan fingerprint density at radius 3 is 2.79 bits per heavy atom. The zero-order chi connectivity index (χ0) is 19.9. The van der Waals surface area contributed by atoms with Crippen LogP contribution in [0.5, 0.6) is 0 Å². The molecule has 0 radical (unpaired) electrons. The number of esters is 1. The molecule has 146 valence electrons. The molecule has 1 aromatic heterocycles. The zero-order valence-electron chi connectivity index (χ0n) is 15.5. The summed E-state index contributed by atoms with van der Waals surface area (Å²) in [5, 5.41) is 4.82. The number of nitrogens with zero attached hydrogens (tertiary/aromatic N) is 2. The molecule has 1 fully saturated rings. The number of amides is 2. The normalized spacial score (nSPS) is 13.9. The number of carbonyl (C=O) groups is 3. The second kappa shape index (κ2) is 9.27. The van der Waals surface area contributed by atoms with Gasteiger partial charge in [-0.1, -0.05) is 12.1 Å². The van der Waals surface area contributed by atoms with Crippen molar-refractivity contribution in [2.45, 2.75) is 26.2 Å². The van der Waals surface area contributed by atoms with Crippen LogP contribution in [-0.4, -0.2) is 35.9 Å². The highest BCUT2D eigenvalue weighted by atomic mass is 32.1. The van der Waals surface area contributed by atoms with Crippen molar-refractivity contribution in [1.29, 1.82) is 0 Å². The summed E-state index contributed by atoms with van der Waals surface area (Å²) < 4.78 is 4.88. The summed E-state index contributed by atoms with van der Waals surface area (Å²) in [6.45, 7) is 2.82. The first kappa shape index (κ1) is 19.8. The molecule has 0 aliphatic carbocycles. The summed E-state index contributed by atoms with van der Waals surface area (Å²) in [6.07, 6.45) is 4.68. The van der Waals surface area contributed by atoms with E-state index < -0.39 is 0 Å². The van der Waals surface area contributed by atoms with Crippen LogP contribution in [0.4, 0.5) is 10.8 Å². The van der Waals surface area contributed by atoms with E-state index in [1.165, 1.54) is 17.4 Å². The molecule has 1 saturated heterocycles. The van der Waals surface area contributed by atoms with Crippen molar-refractivity contribution in [3.8, 4) is 0 Å². The van der Waals surface area contributed by atoms with E-state index in [0.29, 0.717) is 23.9 Å². The van der Waals surface area contributed by atoms with Crippen molar-refractivity contribution >= 4 is 46.0 Å². The molecule has 8 heteroatoms. The van der Waals surface area contributed by atoms with Crippen LogP contribution in [0.2, 0.25) is 0 Å². The molecule has 0 spiro atoms. The topological polar surface area (TPSA) is 88.6 Å². The minimum Gasteiger partial charge on any atom is -0.466 e. The predicted octanol–water partition coefficient (Wildman–Crippen LogP) is 3.03. The van der Waals surface area contributed by atoms with E-state index in [-0.39, 0.29) is 24.2 Å². The van der Waals surface area contributed by atoms with Crippen LogP contribution in [0.25, 0.3) is 6.08 Å². The Labute approximate surface area is 167 Å². The molecular formula is C20H21N3O4S. The Hall–Kier alpha value is -3.00. The first-order chi connectivity index (χ1) is 13.5. The van der Waals surface area contributed by atoms with Gasteiger partial charge in [-0.05, 0) is 37.1 Å². The van der Waals surface area contributed by atoms with E-state index in [4.69, 9.17) is 4.74 Å². The summed E-state index contributed by atoms with van der Waals surface area (Å²) in [7, 11) is 0. The number of hydrogen-bond acceptors (Lipinski definition) is 6. The lowest BCUT2D eigenvalue weighted by Crippen LogP contribution is -2.23. The Bertz CT molecular complexity index is 889. The lowest BCUT2D eigenvalue weighted by Gasteiger charge is -2.15. The molecule has 1 N–H and O–H groups in total. The van der Waals surface area contributed by atoms with Gasteiger partial charge < -0.3 is 9.64 Å². The third-order valence-corrected chi connectivity index (χ3v) is 4.92. The molecule has 1 aliphatic rings. The van der Waals surface area contributed by atoms with Crippen LogP contribution in [0.15, 0.2) is 35.7 Å². The lowest BCUT2D eigenvalue weighted by molar-refractivity contribution is -0.142. The van der Waals surface area contributed by atoms with Gasteiger partial charge >= 0.3 is 5.97 Å². The zero-order valence-corrected chi connectivity index (χ0v) is 16.3. The van der Waals surface area contributed by atoms with Gasteiger partial charge in [-0.25, -0.2) is 4.98 Å². The van der Waals surface area contributed by atoms with Crippen molar-refractivity contribution in [2.75, 3.05) is 23.4 Å². The Kier molecular flexibility index (Phi) is 6.54. The molecule has 0 atom stereocenters. The van der Waals surface area contributed by atoms with E-state index in [0.717, 1.165) is 24.2 Å². The summed E-state index contributed by atoms with van der Waals surface area (Å²) >= 11 is 1.25. The van der Waals surface area contributed by atoms with Gasteiger partial charge in [0.05, 0.1) is 18.7 Å². The largest absolute Gasteiger partial charge is 0.466 e. The van der Waals surface area contributed by atoms with Crippen LogP contribution in [-0.2, 0) is 25.5 Å². The quantitative estimate of drug-likeness (QED) is 0.571. The van der Waals surface area contributed by atoms with Crippen LogP contribution >= 0.6 is 11.3 Å². The van der Waals surface area contributed by atoms with Gasteiger partial charge in [-0.3, -0.25) is 19.7 Å². The molecule has 1 aliphatic heterocycles. The first-order valence-corrected chi connectivity index (χ1v) is 9.92. The molecule has 2 heterocycles. The van der Waals surface area contributed by atoms with Gasteiger partial charge in [-0.2, -0.15) is 0 Å². The Balaban J connectivity index is 1.53. The highest BCUT2D eigenvalue weighted by Gasteiger charge is 2.21. The summed E-state index contributed by atoms with van der Waals surface area (Å²) in [4.78, 5) is 41.3. The number of aromatic nitrogens is 1. The first-order valence-electron chi connectivity index (χ1n) is 9.04. The second-order valence-corrected chi connectivity index (χ2v) is 7.05. The van der Waals surface area contributed by atoms with E-state index >= 15 is 0 Å². The minimum atomic E-state index is -0.343. The minimum absolute atomic E-state index is 0.0852. The predicted molar refractivity (Wildman–Crippen MR) is 108 cm³/mol. The summed E-state index contributed by atoms with van der Waals surface area (Å²) in [6, 6.07) is 7.49. The standard InChI is InChI=1S/C20H21N3O4S/c1-2-27-19(26)12-15-13-28-20(21-15)22-17(24)10-7-14-5-8-16(9-6-14)23-11-3-4-18(23)25/h5-10,13H,2-4,11-12H2,1H3,(H,21,22,24)/b10-7+.